The van der Waals surface area contributed by atoms with Gasteiger partial charge in [-0.2, -0.15) is 13.2 Å². The molecule has 108 valence electrons. The smallest absolute Gasteiger partial charge is 0.399 e. The van der Waals surface area contributed by atoms with Gasteiger partial charge in [-0.1, -0.05) is 12.7 Å². The number of hydrogen-bond donors (Lipinski definition) is 1. The molecular formula is C13H20F3N3. The summed E-state index contributed by atoms with van der Waals surface area (Å²) in [4.78, 5) is 4.45. The van der Waals surface area contributed by atoms with Crippen LogP contribution in [0.15, 0.2) is 36.1 Å². The average molecular weight is 275 g/mol. The molecule has 1 heterocycles. The standard InChI is InChI=1S/C13H20F3N3/c1-11(3-4-12(17)9-13(14,15)16)10-19-7-5-18(2)6-8-19/h3-4,9H,1,5-8,10,17H2,2H3/b4-3-,12-9+. The van der Waals surface area contributed by atoms with Crippen molar-refractivity contribution in [1.29, 1.82) is 0 Å². The second-order valence-electron chi connectivity index (χ2n) is 4.76. The van der Waals surface area contributed by atoms with E-state index in [9.17, 15) is 13.2 Å². The molecule has 6 heteroatoms. The summed E-state index contributed by atoms with van der Waals surface area (Å²) in [6.07, 6.45) is -1.53. The average Bonchev–Trinajstić information content (AvgIpc) is 2.27. The fraction of sp³-hybridized carbons (Fsp3) is 0.538. The molecule has 0 unspecified atom stereocenters. The number of halogens is 3. The summed E-state index contributed by atoms with van der Waals surface area (Å²) >= 11 is 0. The summed E-state index contributed by atoms with van der Waals surface area (Å²) < 4.78 is 36.0. The van der Waals surface area contributed by atoms with Gasteiger partial charge in [0.15, 0.2) is 0 Å². The Morgan fingerprint density at radius 2 is 1.79 bits per heavy atom. The first kappa shape index (κ1) is 15.8. The van der Waals surface area contributed by atoms with E-state index in [2.05, 4.69) is 23.4 Å². The van der Waals surface area contributed by atoms with Crippen molar-refractivity contribution in [3.63, 3.8) is 0 Å². The van der Waals surface area contributed by atoms with E-state index >= 15 is 0 Å². The van der Waals surface area contributed by atoms with E-state index in [-0.39, 0.29) is 11.8 Å². The highest BCUT2D eigenvalue weighted by Gasteiger charge is 2.23. The van der Waals surface area contributed by atoms with Crippen LogP contribution in [0.5, 0.6) is 0 Å². The summed E-state index contributed by atoms with van der Waals surface area (Å²) in [5, 5.41) is 0. The molecule has 0 bridgehead atoms. The minimum Gasteiger partial charge on any atom is -0.399 e. The predicted octanol–water partition coefficient (Wildman–Crippen LogP) is 1.75. The first-order valence-corrected chi connectivity index (χ1v) is 6.08. The molecule has 0 saturated carbocycles. The molecule has 0 atom stereocenters. The predicted molar refractivity (Wildman–Crippen MR) is 70.5 cm³/mol. The lowest BCUT2D eigenvalue weighted by atomic mass is 10.2. The number of nitrogens with two attached hydrogens (primary N) is 1. The number of nitrogens with zero attached hydrogens (tertiary/aromatic N) is 2. The molecule has 1 aliphatic rings. The first-order valence-electron chi connectivity index (χ1n) is 6.08. The number of hydrogen-bond acceptors (Lipinski definition) is 3. The van der Waals surface area contributed by atoms with Gasteiger partial charge < -0.3 is 10.6 Å². The molecule has 2 N–H and O–H groups in total. The Kier molecular flexibility index (Phi) is 5.62. The first-order chi connectivity index (χ1) is 8.76. The number of likely N-dealkylation sites (N-methyl/N-ethyl adjacent to an activating group) is 1. The van der Waals surface area contributed by atoms with Crippen molar-refractivity contribution in [2.24, 2.45) is 5.73 Å². The van der Waals surface area contributed by atoms with E-state index in [4.69, 9.17) is 5.73 Å². The Morgan fingerprint density at radius 3 is 2.32 bits per heavy atom. The van der Waals surface area contributed by atoms with Crippen molar-refractivity contribution in [1.82, 2.24) is 9.80 Å². The zero-order chi connectivity index (χ0) is 14.5. The molecule has 1 saturated heterocycles. The molecule has 0 radical (unpaired) electrons. The van der Waals surface area contributed by atoms with Crippen LogP contribution >= 0.6 is 0 Å². The molecule has 1 rings (SSSR count). The van der Waals surface area contributed by atoms with Gasteiger partial charge in [0.05, 0.1) is 0 Å². The quantitative estimate of drug-likeness (QED) is 0.793. The van der Waals surface area contributed by atoms with E-state index in [0.29, 0.717) is 6.54 Å². The van der Waals surface area contributed by atoms with Crippen molar-refractivity contribution < 1.29 is 13.2 Å². The van der Waals surface area contributed by atoms with Crippen molar-refractivity contribution in [2.45, 2.75) is 6.18 Å². The van der Waals surface area contributed by atoms with Gasteiger partial charge in [-0.25, -0.2) is 0 Å². The second-order valence-corrected chi connectivity index (χ2v) is 4.76. The molecule has 0 aromatic heterocycles. The minimum absolute atomic E-state index is 0.0760. The van der Waals surface area contributed by atoms with Gasteiger partial charge in [0, 0.05) is 44.5 Å². The lowest BCUT2D eigenvalue weighted by Crippen LogP contribution is -2.44. The maximum atomic E-state index is 12.0. The largest absolute Gasteiger partial charge is 0.411 e. The number of alkyl halides is 3. The normalized spacial score (nSPS) is 20.1. The van der Waals surface area contributed by atoms with Gasteiger partial charge in [0.1, 0.15) is 0 Å². The molecule has 0 spiro atoms. The van der Waals surface area contributed by atoms with Crippen LogP contribution in [-0.2, 0) is 0 Å². The van der Waals surface area contributed by atoms with Gasteiger partial charge in [0.2, 0.25) is 0 Å². The van der Waals surface area contributed by atoms with Gasteiger partial charge in [0.25, 0.3) is 0 Å². The number of piperazine rings is 1. The molecule has 19 heavy (non-hydrogen) atoms. The maximum Gasteiger partial charge on any atom is 0.411 e. The summed E-state index contributed by atoms with van der Waals surface area (Å²) in [6.45, 7) is 8.36. The van der Waals surface area contributed by atoms with E-state index in [1.165, 1.54) is 12.2 Å². The van der Waals surface area contributed by atoms with E-state index < -0.39 is 6.18 Å². The van der Waals surface area contributed by atoms with Crippen LogP contribution in [0.1, 0.15) is 0 Å². The third-order valence-electron chi connectivity index (χ3n) is 2.86. The van der Waals surface area contributed by atoms with Crippen molar-refractivity contribution >= 4 is 0 Å². The van der Waals surface area contributed by atoms with E-state index in [0.717, 1.165) is 31.8 Å². The Balaban J connectivity index is 2.41. The van der Waals surface area contributed by atoms with Crippen LogP contribution in [0.25, 0.3) is 0 Å². The van der Waals surface area contributed by atoms with Crippen LogP contribution in [0, 0.1) is 0 Å². The number of allylic oxidation sites excluding steroid dienone is 2. The fourth-order valence-corrected chi connectivity index (χ4v) is 1.80. The van der Waals surface area contributed by atoms with Crippen molar-refractivity contribution in [2.75, 3.05) is 39.8 Å². The molecule has 0 aliphatic carbocycles. The molecule has 3 nitrogen and oxygen atoms in total. The summed E-state index contributed by atoms with van der Waals surface area (Å²) in [6, 6.07) is 0. The van der Waals surface area contributed by atoms with Crippen LogP contribution in [0.4, 0.5) is 13.2 Å². The zero-order valence-corrected chi connectivity index (χ0v) is 11.1. The van der Waals surface area contributed by atoms with Crippen LogP contribution < -0.4 is 5.73 Å². The van der Waals surface area contributed by atoms with Gasteiger partial charge >= 0.3 is 6.18 Å². The van der Waals surface area contributed by atoms with Crippen LogP contribution in [0.3, 0.4) is 0 Å². The highest BCUT2D eigenvalue weighted by Crippen LogP contribution is 2.17. The molecule has 0 aromatic carbocycles. The highest BCUT2D eigenvalue weighted by atomic mass is 19.4. The second kappa shape index (κ2) is 6.77. The number of rotatable bonds is 4. The van der Waals surface area contributed by atoms with E-state index in [1.54, 1.807) is 0 Å². The summed E-state index contributed by atoms with van der Waals surface area (Å²) in [7, 11) is 2.06. The molecular weight excluding hydrogens is 255 g/mol. The Bertz CT molecular complexity index is 364. The SMILES string of the molecule is C=C(/C=C\C(N)=C/C(F)(F)F)CN1CCN(C)CC1. The van der Waals surface area contributed by atoms with Gasteiger partial charge in [-0.05, 0) is 18.7 Å². The van der Waals surface area contributed by atoms with Crippen molar-refractivity contribution in [3.8, 4) is 0 Å². The van der Waals surface area contributed by atoms with Crippen LogP contribution in [-0.4, -0.2) is 55.7 Å². The zero-order valence-electron chi connectivity index (χ0n) is 11.1. The third kappa shape index (κ3) is 7.03. The molecule has 1 aliphatic heterocycles. The van der Waals surface area contributed by atoms with Gasteiger partial charge in [-0.3, -0.25) is 4.90 Å². The Hall–Kier alpha value is -1.27. The monoisotopic (exact) mass is 275 g/mol. The lowest BCUT2D eigenvalue weighted by Gasteiger charge is -2.32. The fourth-order valence-electron chi connectivity index (χ4n) is 1.80. The molecule has 1 fully saturated rings. The summed E-state index contributed by atoms with van der Waals surface area (Å²) in [5.74, 6) is 0. The minimum atomic E-state index is -4.38. The molecule has 0 aromatic rings. The summed E-state index contributed by atoms with van der Waals surface area (Å²) in [5.41, 5.74) is 5.69. The maximum absolute atomic E-state index is 12.0. The van der Waals surface area contributed by atoms with Crippen molar-refractivity contribution in [3.05, 3.63) is 36.1 Å². The van der Waals surface area contributed by atoms with Gasteiger partial charge in [-0.15, -0.1) is 0 Å². The van der Waals surface area contributed by atoms with E-state index in [1.807, 2.05) is 0 Å². The topological polar surface area (TPSA) is 32.5 Å². The lowest BCUT2D eigenvalue weighted by molar-refractivity contribution is -0.0803. The Morgan fingerprint density at radius 1 is 1.21 bits per heavy atom. The highest BCUT2D eigenvalue weighted by molar-refractivity contribution is 5.26. The van der Waals surface area contributed by atoms with Crippen LogP contribution in [0.2, 0.25) is 0 Å². The Labute approximate surface area is 111 Å². The molecule has 0 amide bonds. The third-order valence-corrected chi connectivity index (χ3v) is 2.86.